The molecule has 0 aliphatic rings. The van der Waals surface area contributed by atoms with Crippen molar-refractivity contribution >= 4 is 82.5 Å². The van der Waals surface area contributed by atoms with Crippen molar-refractivity contribution in [2.75, 3.05) is 4.90 Å². The van der Waals surface area contributed by atoms with Crippen LogP contribution >= 0.6 is 0 Å². The van der Waals surface area contributed by atoms with E-state index in [0.29, 0.717) is 0 Å². The van der Waals surface area contributed by atoms with Crippen molar-refractivity contribution in [1.29, 1.82) is 0 Å². The summed E-state index contributed by atoms with van der Waals surface area (Å²) in [5.41, 5.74) is 9.14. The van der Waals surface area contributed by atoms with Crippen LogP contribution in [0, 0.1) is 6.92 Å². The first-order valence-corrected chi connectivity index (χ1v) is 15.9. The molecule has 3 heteroatoms. The summed E-state index contributed by atoms with van der Waals surface area (Å²) < 4.78 is 13.6. The summed E-state index contributed by atoms with van der Waals surface area (Å²) in [6, 6.07) is 45.6. The molecule has 3 nitrogen and oxygen atoms in total. The average molecular weight is 596 g/mol. The Balaban J connectivity index is 1.40. The Kier molecular flexibility index (Phi) is 5.67. The van der Waals surface area contributed by atoms with E-state index in [-0.39, 0.29) is 5.41 Å². The minimum Gasteiger partial charge on any atom is -0.455 e. The zero-order valence-corrected chi connectivity index (χ0v) is 26.4. The minimum absolute atomic E-state index is 0.0576. The van der Waals surface area contributed by atoms with Gasteiger partial charge in [-0.2, -0.15) is 0 Å². The zero-order chi connectivity index (χ0) is 31.2. The van der Waals surface area contributed by atoms with E-state index in [1.165, 1.54) is 21.9 Å². The molecule has 0 bridgehead atoms. The predicted molar refractivity (Wildman–Crippen MR) is 194 cm³/mol. The first-order valence-electron chi connectivity index (χ1n) is 15.9. The van der Waals surface area contributed by atoms with Gasteiger partial charge < -0.3 is 13.7 Å². The molecule has 0 unspecified atom stereocenters. The molecular weight excluding hydrogens is 562 g/mol. The molecule has 222 valence electrons. The summed E-state index contributed by atoms with van der Waals surface area (Å²) in [6.07, 6.45) is 0. The molecular formula is C43H33NO2. The normalized spacial score (nSPS) is 12.3. The van der Waals surface area contributed by atoms with Crippen molar-refractivity contribution in [2.24, 2.45) is 0 Å². The standard InChI is InChI=1S/C43H33NO2/c1-26-19-21-29(22-20-26)44(37-18-10-16-33-32-15-9-17-36(43(2,3)4)41(32)46-42(33)37)38-25-35-34-23-27-11-5-6-12-28(27)24-39(34)45-40(35)31-14-8-7-13-30(31)38/h5-25H,1-4H3. The molecule has 0 radical (unpaired) electrons. The lowest BCUT2D eigenvalue weighted by Crippen LogP contribution is -2.11. The molecule has 9 rings (SSSR count). The van der Waals surface area contributed by atoms with Crippen LogP contribution in [-0.2, 0) is 5.41 Å². The van der Waals surface area contributed by atoms with Crippen LogP contribution in [0.1, 0.15) is 31.9 Å². The molecule has 0 fully saturated rings. The molecule has 0 aliphatic heterocycles. The second-order valence-corrected chi connectivity index (χ2v) is 13.5. The van der Waals surface area contributed by atoms with Crippen LogP contribution < -0.4 is 4.90 Å². The van der Waals surface area contributed by atoms with Crippen LogP contribution in [0.2, 0.25) is 0 Å². The Bertz CT molecular complexity index is 2630. The highest BCUT2D eigenvalue weighted by Gasteiger charge is 2.25. The largest absolute Gasteiger partial charge is 0.455 e. The molecule has 46 heavy (non-hydrogen) atoms. The van der Waals surface area contributed by atoms with Crippen LogP contribution in [0.5, 0.6) is 0 Å². The van der Waals surface area contributed by atoms with Crippen molar-refractivity contribution < 1.29 is 8.83 Å². The fourth-order valence-corrected chi connectivity index (χ4v) is 7.12. The van der Waals surface area contributed by atoms with Gasteiger partial charge in [-0.3, -0.25) is 0 Å². The molecule has 2 aromatic heterocycles. The van der Waals surface area contributed by atoms with Gasteiger partial charge in [-0.15, -0.1) is 0 Å². The minimum atomic E-state index is -0.0576. The number of aryl methyl sites for hydroxylation is 1. The average Bonchev–Trinajstić information content (AvgIpc) is 3.63. The van der Waals surface area contributed by atoms with Crippen molar-refractivity contribution in [3.8, 4) is 0 Å². The molecule has 0 amide bonds. The maximum atomic E-state index is 6.93. The number of fused-ring (bicyclic) bond motifs is 9. The molecule has 0 N–H and O–H groups in total. The van der Waals surface area contributed by atoms with Gasteiger partial charge >= 0.3 is 0 Å². The summed E-state index contributed by atoms with van der Waals surface area (Å²) in [5.74, 6) is 0. The van der Waals surface area contributed by atoms with Gasteiger partial charge in [0.05, 0.1) is 11.4 Å². The maximum Gasteiger partial charge on any atom is 0.159 e. The van der Waals surface area contributed by atoms with Gasteiger partial charge in [-0.1, -0.05) is 117 Å². The van der Waals surface area contributed by atoms with Gasteiger partial charge in [0.15, 0.2) is 5.58 Å². The Morgan fingerprint density at radius 2 is 1.11 bits per heavy atom. The Labute approximate surface area is 267 Å². The number of rotatable bonds is 3. The third-order valence-electron chi connectivity index (χ3n) is 9.41. The topological polar surface area (TPSA) is 29.5 Å². The molecule has 0 saturated carbocycles. The summed E-state index contributed by atoms with van der Waals surface area (Å²) in [5, 5.41) is 9.03. The molecule has 2 heterocycles. The maximum absolute atomic E-state index is 6.93. The van der Waals surface area contributed by atoms with Crippen LogP contribution in [0.4, 0.5) is 17.1 Å². The van der Waals surface area contributed by atoms with Crippen molar-refractivity contribution in [3.05, 3.63) is 139 Å². The number of para-hydroxylation sites is 2. The molecule has 0 saturated heterocycles. The van der Waals surface area contributed by atoms with Crippen molar-refractivity contribution in [1.82, 2.24) is 0 Å². The van der Waals surface area contributed by atoms with Gasteiger partial charge in [0.1, 0.15) is 16.7 Å². The third kappa shape index (κ3) is 3.98. The van der Waals surface area contributed by atoms with Gasteiger partial charge in [0, 0.05) is 43.6 Å². The van der Waals surface area contributed by atoms with E-state index in [1.807, 2.05) is 0 Å². The highest BCUT2D eigenvalue weighted by molar-refractivity contribution is 6.22. The number of benzene rings is 7. The second kappa shape index (κ2) is 9.73. The molecule has 7 aromatic carbocycles. The Morgan fingerprint density at radius 1 is 0.478 bits per heavy atom. The van der Waals surface area contributed by atoms with Crippen LogP contribution in [0.3, 0.4) is 0 Å². The summed E-state index contributed by atoms with van der Waals surface area (Å²) in [7, 11) is 0. The quantitative estimate of drug-likeness (QED) is 0.203. The SMILES string of the molecule is Cc1ccc(N(c2cc3c4cc5ccccc5cc4oc3c3ccccc23)c2cccc3c2oc2c(C(C)(C)C)cccc23)cc1. The van der Waals surface area contributed by atoms with Crippen LogP contribution in [0.15, 0.2) is 136 Å². The van der Waals surface area contributed by atoms with E-state index >= 15 is 0 Å². The number of hydrogen-bond donors (Lipinski definition) is 0. The predicted octanol–water partition coefficient (Wildman–Crippen LogP) is 12.9. The van der Waals surface area contributed by atoms with Gasteiger partial charge in [0.25, 0.3) is 0 Å². The fraction of sp³-hybridized carbons (Fsp3) is 0.116. The Hall–Kier alpha value is -5.54. The van der Waals surface area contributed by atoms with E-state index in [1.54, 1.807) is 0 Å². The Morgan fingerprint density at radius 3 is 1.87 bits per heavy atom. The fourth-order valence-electron chi connectivity index (χ4n) is 7.12. The third-order valence-corrected chi connectivity index (χ3v) is 9.41. The summed E-state index contributed by atoms with van der Waals surface area (Å²) in [4.78, 5) is 2.36. The van der Waals surface area contributed by atoms with Gasteiger partial charge in [0.2, 0.25) is 0 Å². The lowest BCUT2D eigenvalue weighted by molar-refractivity contribution is 0.573. The molecule has 0 atom stereocenters. The summed E-state index contributed by atoms with van der Waals surface area (Å²) in [6.45, 7) is 8.86. The van der Waals surface area contributed by atoms with Crippen LogP contribution in [0.25, 0.3) is 65.4 Å². The molecule has 0 spiro atoms. The first kappa shape index (κ1) is 26.8. The smallest absolute Gasteiger partial charge is 0.159 e. The number of nitrogens with zero attached hydrogens (tertiary/aromatic N) is 1. The second-order valence-electron chi connectivity index (χ2n) is 13.5. The zero-order valence-electron chi connectivity index (χ0n) is 26.4. The van der Waals surface area contributed by atoms with Crippen molar-refractivity contribution in [3.63, 3.8) is 0 Å². The lowest BCUT2D eigenvalue weighted by atomic mass is 9.86. The number of hydrogen-bond acceptors (Lipinski definition) is 3. The van der Waals surface area contributed by atoms with E-state index < -0.39 is 0 Å². The summed E-state index contributed by atoms with van der Waals surface area (Å²) >= 11 is 0. The van der Waals surface area contributed by atoms with Crippen LogP contribution in [-0.4, -0.2) is 0 Å². The number of anilines is 3. The van der Waals surface area contributed by atoms with E-state index in [0.717, 1.165) is 71.7 Å². The number of furan rings is 2. The first-order chi connectivity index (χ1) is 22.3. The highest BCUT2D eigenvalue weighted by Crippen LogP contribution is 2.48. The molecule has 9 aromatic rings. The lowest BCUT2D eigenvalue weighted by Gasteiger charge is -2.27. The molecule has 0 aliphatic carbocycles. The van der Waals surface area contributed by atoms with Crippen molar-refractivity contribution in [2.45, 2.75) is 33.1 Å². The van der Waals surface area contributed by atoms with Gasteiger partial charge in [-0.25, -0.2) is 0 Å². The highest BCUT2D eigenvalue weighted by atomic mass is 16.3. The van der Waals surface area contributed by atoms with E-state index in [4.69, 9.17) is 8.83 Å². The van der Waals surface area contributed by atoms with Gasteiger partial charge in [-0.05, 0) is 59.5 Å². The van der Waals surface area contributed by atoms with E-state index in [9.17, 15) is 0 Å². The van der Waals surface area contributed by atoms with E-state index in [2.05, 4.69) is 160 Å². The monoisotopic (exact) mass is 595 g/mol.